The predicted octanol–water partition coefficient (Wildman–Crippen LogP) is 9.50. The van der Waals surface area contributed by atoms with Crippen molar-refractivity contribution < 1.29 is 4.42 Å². The number of pyridine rings is 3. The first-order valence-corrected chi connectivity index (χ1v) is 15.6. The van der Waals surface area contributed by atoms with E-state index in [9.17, 15) is 0 Å². The second-order valence-electron chi connectivity index (χ2n) is 10.0. The summed E-state index contributed by atoms with van der Waals surface area (Å²) in [6.45, 7) is 5.68. The maximum absolute atomic E-state index is 6.37. The van der Waals surface area contributed by atoms with Gasteiger partial charge >= 0.3 is 0 Å². The van der Waals surface area contributed by atoms with Crippen LogP contribution in [0.4, 0.5) is 0 Å². The highest BCUT2D eigenvalue weighted by Gasteiger charge is 2.17. The number of thiazole rings is 2. The number of aliphatic imine (C=N–C) groups is 1. The van der Waals surface area contributed by atoms with Crippen molar-refractivity contribution in [2.75, 3.05) is 0 Å². The van der Waals surface area contributed by atoms with Crippen LogP contribution >= 0.6 is 22.7 Å². The first kappa shape index (κ1) is 26.3. The highest BCUT2D eigenvalue weighted by molar-refractivity contribution is 7.22. The van der Waals surface area contributed by atoms with Crippen molar-refractivity contribution in [3.63, 3.8) is 0 Å². The number of fused-ring (bicyclic) bond motifs is 5. The summed E-state index contributed by atoms with van der Waals surface area (Å²) >= 11 is 3.20. The van der Waals surface area contributed by atoms with Crippen LogP contribution in [-0.2, 0) is 0 Å². The summed E-state index contributed by atoms with van der Waals surface area (Å²) in [5.74, 6) is 0. The van der Waals surface area contributed by atoms with E-state index < -0.39 is 0 Å². The molecule has 0 saturated carbocycles. The number of furan rings is 1. The third kappa shape index (κ3) is 4.59. The number of hydrogen-bond donors (Lipinski definition) is 0. The van der Waals surface area contributed by atoms with Gasteiger partial charge in [-0.1, -0.05) is 30.9 Å². The average Bonchev–Trinajstić information content (AvgIpc) is 3.77. The van der Waals surface area contributed by atoms with Crippen LogP contribution in [0.5, 0.6) is 0 Å². The third-order valence-electron chi connectivity index (χ3n) is 7.17. The molecule has 0 N–H and O–H groups in total. The summed E-state index contributed by atoms with van der Waals surface area (Å²) in [5, 5.41) is 3.70. The molecule has 8 rings (SSSR count). The first-order valence-electron chi connectivity index (χ1n) is 13.9. The Kier molecular flexibility index (Phi) is 6.40. The lowest BCUT2D eigenvalue weighted by Gasteiger charge is -2.02. The Labute approximate surface area is 259 Å². The van der Waals surface area contributed by atoms with Gasteiger partial charge in [-0.2, -0.15) is 0 Å². The fraction of sp³-hybridized carbons (Fsp3) is 0.0286. The molecule has 0 spiro atoms. The monoisotopic (exact) mass is 606 g/mol. The molecule has 210 valence electrons. The van der Waals surface area contributed by atoms with Crippen molar-refractivity contribution in [2.24, 2.45) is 4.99 Å². The Morgan fingerprint density at radius 2 is 1.36 bits per heavy atom. The average molecular weight is 607 g/mol. The second-order valence-corrected chi connectivity index (χ2v) is 12.1. The SMILES string of the molecule is C=C/N=C(\C=C/C)c1cccc(-c2nc3cc4c(cc3s2)oc2cc3sc(-c5cccc(-c6ccccn6)n5)nc3cc24)n1. The molecule has 0 saturated heterocycles. The number of rotatable bonds is 6. The minimum absolute atomic E-state index is 0.752. The van der Waals surface area contributed by atoms with Crippen molar-refractivity contribution in [3.8, 4) is 32.8 Å². The molecule has 7 nitrogen and oxygen atoms in total. The van der Waals surface area contributed by atoms with Crippen LogP contribution in [0, 0.1) is 0 Å². The largest absolute Gasteiger partial charge is 0.456 e. The summed E-state index contributed by atoms with van der Waals surface area (Å²) in [6.07, 6.45) is 7.16. The number of aromatic nitrogens is 5. The Bertz CT molecular complexity index is 2430. The van der Waals surface area contributed by atoms with E-state index in [1.165, 1.54) is 6.20 Å². The lowest BCUT2D eigenvalue weighted by Crippen LogP contribution is -2.00. The molecule has 0 aliphatic rings. The normalized spacial score (nSPS) is 12.3. The minimum atomic E-state index is 0.752. The highest BCUT2D eigenvalue weighted by atomic mass is 32.1. The maximum atomic E-state index is 6.37. The van der Waals surface area contributed by atoms with Crippen molar-refractivity contribution in [2.45, 2.75) is 6.92 Å². The lowest BCUT2D eigenvalue weighted by molar-refractivity contribution is 0.670. The van der Waals surface area contributed by atoms with Crippen LogP contribution in [0.1, 0.15) is 12.6 Å². The number of allylic oxidation sites excluding steroid dienone is 2. The van der Waals surface area contributed by atoms with Gasteiger partial charge in [0, 0.05) is 35.3 Å². The quantitative estimate of drug-likeness (QED) is 0.175. The fourth-order valence-electron chi connectivity index (χ4n) is 5.20. The van der Waals surface area contributed by atoms with Crippen LogP contribution in [-0.4, -0.2) is 30.6 Å². The summed E-state index contributed by atoms with van der Waals surface area (Å²) in [7, 11) is 0. The molecule has 0 radical (unpaired) electrons. The van der Waals surface area contributed by atoms with Gasteiger partial charge in [0.1, 0.15) is 21.2 Å². The molecule has 6 heterocycles. The number of benzene rings is 2. The van der Waals surface area contributed by atoms with E-state index in [0.717, 1.165) is 86.6 Å². The summed E-state index contributed by atoms with van der Waals surface area (Å²) in [5.41, 5.74) is 8.23. The van der Waals surface area contributed by atoms with Crippen molar-refractivity contribution in [1.29, 1.82) is 0 Å². The van der Waals surface area contributed by atoms with Gasteiger partial charge in [0.05, 0.1) is 54.6 Å². The Morgan fingerprint density at radius 1 is 0.727 bits per heavy atom. The Balaban J connectivity index is 1.18. The van der Waals surface area contributed by atoms with Gasteiger partial charge in [0.15, 0.2) is 0 Å². The van der Waals surface area contributed by atoms with E-state index in [-0.39, 0.29) is 0 Å². The molecular formula is C35H22N6OS2. The summed E-state index contributed by atoms with van der Waals surface area (Å²) in [6, 6.07) is 26.0. The summed E-state index contributed by atoms with van der Waals surface area (Å²) in [4.78, 5) is 28.4. The Hall–Kier alpha value is -5.38. The predicted molar refractivity (Wildman–Crippen MR) is 181 cm³/mol. The van der Waals surface area contributed by atoms with Gasteiger partial charge in [0.25, 0.3) is 0 Å². The molecule has 0 fully saturated rings. The molecule has 0 atom stereocenters. The van der Waals surface area contributed by atoms with Crippen LogP contribution in [0.15, 0.2) is 119 Å². The Morgan fingerprint density at radius 3 is 2.00 bits per heavy atom. The topological polar surface area (TPSA) is 90.0 Å². The molecule has 0 aliphatic heterocycles. The van der Waals surface area contributed by atoms with Crippen LogP contribution in [0.2, 0.25) is 0 Å². The van der Waals surface area contributed by atoms with E-state index in [0.29, 0.717) is 0 Å². The minimum Gasteiger partial charge on any atom is -0.456 e. The van der Waals surface area contributed by atoms with Gasteiger partial charge in [-0.25, -0.2) is 19.9 Å². The van der Waals surface area contributed by atoms with Crippen molar-refractivity contribution >= 4 is 70.8 Å². The first-order chi connectivity index (χ1) is 21.7. The third-order valence-corrected chi connectivity index (χ3v) is 9.25. The van der Waals surface area contributed by atoms with Gasteiger partial charge in [-0.3, -0.25) is 9.98 Å². The fourth-order valence-corrected chi connectivity index (χ4v) is 7.09. The van der Waals surface area contributed by atoms with Gasteiger partial charge in [-0.05, 0) is 61.5 Å². The zero-order chi connectivity index (χ0) is 29.6. The molecule has 9 heteroatoms. The molecule has 2 aromatic carbocycles. The van der Waals surface area contributed by atoms with Gasteiger partial charge in [-0.15, -0.1) is 22.7 Å². The van der Waals surface area contributed by atoms with Crippen LogP contribution in [0.25, 0.3) is 75.2 Å². The van der Waals surface area contributed by atoms with E-state index in [2.05, 4.69) is 40.8 Å². The molecule has 0 aliphatic carbocycles. The summed E-state index contributed by atoms with van der Waals surface area (Å²) < 4.78 is 8.44. The molecule has 0 unspecified atom stereocenters. The standard InChI is InChI=1S/C35H22N6OS2/c1-3-9-22(36-4-2)24-11-7-13-26(38-24)34-40-28-16-20-21-17-29-33(19-31(21)42-30(20)18-32(28)43-34)44-35(41-29)27-14-8-12-25(39-27)23-10-5-6-15-37-23/h3-19H,2H2,1H3/b9-3-,36-22+. The smallest absolute Gasteiger partial charge is 0.143 e. The molecule has 44 heavy (non-hydrogen) atoms. The van der Waals surface area contributed by atoms with Crippen molar-refractivity contribution in [1.82, 2.24) is 24.9 Å². The van der Waals surface area contributed by atoms with Crippen LogP contribution < -0.4 is 0 Å². The zero-order valence-electron chi connectivity index (χ0n) is 23.4. The molecule has 8 aromatic rings. The molecule has 6 aromatic heterocycles. The molecule has 0 amide bonds. The van der Waals surface area contributed by atoms with E-state index >= 15 is 0 Å². The van der Waals surface area contributed by atoms with E-state index in [4.69, 9.17) is 24.4 Å². The maximum Gasteiger partial charge on any atom is 0.143 e. The van der Waals surface area contributed by atoms with E-state index in [1.54, 1.807) is 28.9 Å². The lowest BCUT2D eigenvalue weighted by atomic mass is 10.1. The van der Waals surface area contributed by atoms with E-state index in [1.807, 2.05) is 73.7 Å². The highest BCUT2D eigenvalue weighted by Crippen LogP contribution is 2.39. The number of hydrogen-bond acceptors (Lipinski definition) is 9. The van der Waals surface area contributed by atoms with Gasteiger partial charge < -0.3 is 4.42 Å². The van der Waals surface area contributed by atoms with Gasteiger partial charge in [0.2, 0.25) is 0 Å². The van der Waals surface area contributed by atoms with Crippen molar-refractivity contribution in [3.05, 3.63) is 116 Å². The van der Waals surface area contributed by atoms with Crippen LogP contribution in [0.3, 0.4) is 0 Å². The number of nitrogens with zero attached hydrogens (tertiary/aromatic N) is 6. The molecular weight excluding hydrogens is 585 g/mol. The molecule has 0 bridgehead atoms. The zero-order valence-corrected chi connectivity index (χ0v) is 25.1. The second kappa shape index (κ2) is 10.7.